The minimum absolute atomic E-state index is 0.213. The number of nitrogens with one attached hydrogen (secondary N) is 1. The van der Waals surface area contributed by atoms with Crippen molar-refractivity contribution in [1.82, 2.24) is 9.62 Å². The molecular weight excluding hydrogens is 344 g/mol. The van der Waals surface area contributed by atoms with Gasteiger partial charge in [0.1, 0.15) is 0 Å². The zero-order valence-corrected chi connectivity index (χ0v) is 15.6. The van der Waals surface area contributed by atoms with Gasteiger partial charge in [-0.15, -0.1) is 0 Å². The first-order chi connectivity index (χ1) is 11.4. The molecule has 0 saturated carbocycles. The molecular formula is C18H23ClN2O2S. The summed E-state index contributed by atoms with van der Waals surface area (Å²) in [6.45, 7) is 7.48. The van der Waals surface area contributed by atoms with Crippen LogP contribution in [-0.4, -0.2) is 26.4 Å². The van der Waals surface area contributed by atoms with Crippen molar-refractivity contribution in [2.45, 2.75) is 31.8 Å². The summed E-state index contributed by atoms with van der Waals surface area (Å²) in [5, 5.41) is 0.512. The van der Waals surface area contributed by atoms with Gasteiger partial charge < -0.3 is 0 Å². The lowest BCUT2D eigenvalue weighted by Crippen LogP contribution is -2.23. The van der Waals surface area contributed by atoms with Crippen molar-refractivity contribution in [3.8, 4) is 0 Å². The Morgan fingerprint density at radius 2 is 1.46 bits per heavy atom. The number of hydrogen-bond donors (Lipinski definition) is 1. The molecule has 4 nitrogen and oxygen atoms in total. The van der Waals surface area contributed by atoms with E-state index < -0.39 is 10.0 Å². The lowest BCUT2D eigenvalue weighted by molar-refractivity contribution is 0.296. The smallest absolute Gasteiger partial charge is 0.240 e. The molecule has 0 atom stereocenters. The van der Waals surface area contributed by atoms with E-state index in [1.54, 1.807) is 12.1 Å². The number of halogens is 1. The van der Waals surface area contributed by atoms with Gasteiger partial charge in [0.25, 0.3) is 0 Å². The van der Waals surface area contributed by atoms with Gasteiger partial charge in [0.2, 0.25) is 10.0 Å². The standard InChI is InChI=1S/C18H23ClN2O2S/c1-3-21(4-2)14-16-7-5-15(6-8-16)13-20-24(22,23)18-11-9-17(19)10-12-18/h5-12,20H,3-4,13-14H2,1-2H3. The van der Waals surface area contributed by atoms with Gasteiger partial charge in [0, 0.05) is 18.1 Å². The molecule has 2 rings (SSSR count). The van der Waals surface area contributed by atoms with E-state index in [0.717, 1.165) is 25.2 Å². The Balaban J connectivity index is 1.97. The van der Waals surface area contributed by atoms with Crippen molar-refractivity contribution in [3.63, 3.8) is 0 Å². The second kappa shape index (κ2) is 8.62. The van der Waals surface area contributed by atoms with Crippen LogP contribution in [-0.2, 0) is 23.1 Å². The fourth-order valence-corrected chi connectivity index (χ4v) is 3.49. The lowest BCUT2D eigenvalue weighted by Gasteiger charge is -2.18. The van der Waals surface area contributed by atoms with Crippen LogP contribution in [0.1, 0.15) is 25.0 Å². The Hall–Kier alpha value is -1.40. The van der Waals surface area contributed by atoms with Gasteiger partial charge in [-0.25, -0.2) is 13.1 Å². The van der Waals surface area contributed by atoms with Gasteiger partial charge >= 0.3 is 0 Å². The molecule has 0 heterocycles. The van der Waals surface area contributed by atoms with Crippen LogP contribution in [0.15, 0.2) is 53.4 Å². The SMILES string of the molecule is CCN(CC)Cc1ccc(CNS(=O)(=O)c2ccc(Cl)cc2)cc1. The van der Waals surface area contributed by atoms with E-state index in [1.165, 1.54) is 17.7 Å². The number of nitrogens with zero attached hydrogens (tertiary/aromatic N) is 1. The Labute approximate surface area is 149 Å². The summed E-state index contributed by atoms with van der Waals surface area (Å²) in [5.74, 6) is 0. The zero-order chi connectivity index (χ0) is 17.6. The molecule has 0 unspecified atom stereocenters. The Morgan fingerprint density at radius 1 is 0.917 bits per heavy atom. The third-order valence-electron chi connectivity index (χ3n) is 3.91. The van der Waals surface area contributed by atoms with Crippen LogP contribution in [0.3, 0.4) is 0 Å². The fraction of sp³-hybridized carbons (Fsp3) is 0.333. The Bertz CT molecular complexity index is 740. The van der Waals surface area contributed by atoms with Crippen LogP contribution in [0.4, 0.5) is 0 Å². The van der Waals surface area contributed by atoms with E-state index in [4.69, 9.17) is 11.6 Å². The Kier molecular flexibility index (Phi) is 6.80. The molecule has 0 aromatic heterocycles. The van der Waals surface area contributed by atoms with E-state index in [1.807, 2.05) is 24.3 Å². The summed E-state index contributed by atoms with van der Waals surface area (Å²) in [6.07, 6.45) is 0. The fourth-order valence-electron chi connectivity index (χ4n) is 2.34. The van der Waals surface area contributed by atoms with Gasteiger partial charge in [-0.05, 0) is 48.5 Å². The predicted octanol–water partition coefficient (Wildman–Crippen LogP) is 3.66. The Morgan fingerprint density at radius 3 is 2.00 bits per heavy atom. The molecule has 6 heteroatoms. The summed E-state index contributed by atoms with van der Waals surface area (Å²) >= 11 is 5.79. The maximum absolute atomic E-state index is 12.2. The van der Waals surface area contributed by atoms with Crippen LogP contribution in [0, 0.1) is 0 Å². The molecule has 0 amide bonds. The molecule has 0 aliphatic rings. The normalized spacial score (nSPS) is 11.8. The molecule has 0 saturated heterocycles. The van der Waals surface area contributed by atoms with Crippen LogP contribution < -0.4 is 4.72 Å². The first-order valence-electron chi connectivity index (χ1n) is 8.00. The second-order valence-electron chi connectivity index (χ2n) is 5.56. The van der Waals surface area contributed by atoms with Gasteiger partial charge in [-0.2, -0.15) is 0 Å². The molecule has 130 valence electrons. The molecule has 0 radical (unpaired) electrons. The molecule has 0 spiro atoms. The zero-order valence-electron chi connectivity index (χ0n) is 14.0. The van der Waals surface area contributed by atoms with E-state index in [-0.39, 0.29) is 11.4 Å². The summed E-state index contributed by atoms with van der Waals surface area (Å²) in [6, 6.07) is 14.1. The highest BCUT2D eigenvalue weighted by Gasteiger charge is 2.13. The highest BCUT2D eigenvalue weighted by Crippen LogP contribution is 2.14. The minimum atomic E-state index is -3.53. The first-order valence-corrected chi connectivity index (χ1v) is 9.86. The third kappa shape index (κ3) is 5.31. The maximum atomic E-state index is 12.2. The van der Waals surface area contributed by atoms with Crippen molar-refractivity contribution < 1.29 is 8.42 Å². The molecule has 24 heavy (non-hydrogen) atoms. The molecule has 0 aliphatic heterocycles. The number of benzene rings is 2. The van der Waals surface area contributed by atoms with Gasteiger partial charge in [-0.3, -0.25) is 4.90 Å². The van der Waals surface area contributed by atoms with Crippen molar-refractivity contribution in [2.24, 2.45) is 0 Å². The summed E-state index contributed by atoms with van der Waals surface area (Å²) in [5.41, 5.74) is 2.15. The van der Waals surface area contributed by atoms with E-state index in [2.05, 4.69) is 23.5 Å². The largest absolute Gasteiger partial charge is 0.300 e. The third-order valence-corrected chi connectivity index (χ3v) is 5.58. The molecule has 0 fully saturated rings. The highest BCUT2D eigenvalue weighted by atomic mass is 35.5. The van der Waals surface area contributed by atoms with Gasteiger partial charge in [0.05, 0.1) is 4.90 Å². The lowest BCUT2D eigenvalue weighted by atomic mass is 10.1. The average molecular weight is 367 g/mol. The first kappa shape index (κ1) is 18.9. The van der Waals surface area contributed by atoms with Crippen LogP contribution >= 0.6 is 11.6 Å². The monoisotopic (exact) mass is 366 g/mol. The molecule has 2 aromatic carbocycles. The van der Waals surface area contributed by atoms with Crippen molar-refractivity contribution >= 4 is 21.6 Å². The van der Waals surface area contributed by atoms with E-state index in [9.17, 15) is 8.42 Å². The predicted molar refractivity (Wildman–Crippen MR) is 98.5 cm³/mol. The van der Waals surface area contributed by atoms with Crippen LogP contribution in [0.2, 0.25) is 5.02 Å². The van der Waals surface area contributed by atoms with Crippen molar-refractivity contribution in [3.05, 3.63) is 64.7 Å². The highest BCUT2D eigenvalue weighted by molar-refractivity contribution is 7.89. The number of hydrogen-bond acceptors (Lipinski definition) is 3. The van der Waals surface area contributed by atoms with Gasteiger partial charge in [-0.1, -0.05) is 49.7 Å². The quantitative estimate of drug-likeness (QED) is 0.775. The second-order valence-corrected chi connectivity index (χ2v) is 7.76. The van der Waals surface area contributed by atoms with E-state index in [0.29, 0.717) is 5.02 Å². The molecule has 1 N–H and O–H groups in total. The minimum Gasteiger partial charge on any atom is -0.300 e. The summed E-state index contributed by atoms with van der Waals surface area (Å²) in [4.78, 5) is 2.54. The molecule has 2 aromatic rings. The molecule has 0 aliphatic carbocycles. The maximum Gasteiger partial charge on any atom is 0.240 e. The summed E-state index contributed by atoms with van der Waals surface area (Å²) < 4.78 is 27.1. The van der Waals surface area contributed by atoms with Crippen LogP contribution in [0.25, 0.3) is 0 Å². The van der Waals surface area contributed by atoms with E-state index >= 15 is 0 Å². The van der Waals surface area contributed by atoms with Crippen molar-refractivity contribution in [2.75, 3.05) is 13.1 Å². The average Bonchev–Trinajstić information content (AvgIpc) is 2.59. The molecule has 0 bridgehead atoms. The summed E-state index contributed by atoms with van der Waals surface area (Å²) in [7, 11) is -3.53. The topological polar surface area (TPSA) is 49.4 Å². The van der Waals surface area contributed by atoms with Crippen molar-refractivity contribution in [1.29, 1.82) is 0 Å². The number of sulfonamides is 1. The van der Waals surface area contributed by atoms with Gasteiger partial charge in [0.15, 0.2) is 0 Å². The number of rotatable bonds is 8. The van der Waals surface area contributed by atoms with Crippen LogP contribution in [0.5, 0.6) is 0 Å².